The Morgan fingerprint density at radius 2 is 1.57 bits per heavy atom. The van der Waals surface area contributed by atoms with Gasteiger partial charge in [-0.25, -0.2) is 10.4 Å². The van der Waals surface area contributed by atoms with E-state index >= 15 is 0 Å². The molecule has 4 aromatic carbocycles. The van der Waals surface area contributed by atoms with Gasteiger partial charge in [-0.05, 0) is 78.4 Å². The Labute approximate surface area is 256 Å². The number of hydrogen-bond acceptors (Lipinski definition) is 7. The molecule has 0 bridgehead atoms. The summed E-state index contributed by atoms with van der Waals surface area (Å²) in [6.45, 7) is -0.170. The number of amides is 2. The second kappa shape index (κ2) is 13.8. The number of carbonyl (C=O) groups is 2. The van der Waals surface area contributed by atoms with E-state index in [9.17, 15) is 9.59 Å². The predicted octanol–water partition coefficient (Wildman–Crippen LogP) is 7.64. The van der Waals surface area contributed by atoms with Gasteiger partial charge in [0.25, 0.3) is 11.8 Å². The fourth-order valence-electron chi connectivity index (χ4n) is 3.71. The third-order valence-corrected chi connectivity index (χ3v) is 7.04. The minimum absolute atomic E-state index is 0.170. The van der Waals surface area contributed by atoms with E-state index in [2.05, 4.69) is 26.1 Å². The largest absolute Gasteiger partial charge is 0.484 e. The van der Waals surface area contributed by atoms with Gasteiger partial charge in [0.15, 0.2) is 11.7 Å². The van der Waals surface area contributed by atoms with Crippen molar-refractivity contribution in [2.75, 3.05) is 17.2 Å². The first-order chi connectivity index (χ1) is 20.4. The van der Waals surface area contributed by atoms with Crippen LogP contribution < -0.4 is 20.8 Å². The number of nitrogens with one attached hydrogen (secondary N) is 3. The molecular formula is C31H23Cl2N5O3S. The van der Waals surface area contributed by atoms with E-state index in [0.717, 1.165) is 22.1 Å². The van der Waals surface area contributed by atoms with Crippen LogP contribution in [0.15, 0.2) is 108 Å². The number of nitrogens with zero attached hydrogens (tertiary/aromatic N) is 2. The molecule has 11 heteroatoms. The van der Waals surface area contributed by atoms with Gasteiger partial charge < -0.3 is 15.4 Å². The van der Waals surface area contributed by atoms with Crippen molar-refractivity contribution in [3.8, 4) is 17.0 Å². The lowest BCUT2D eigenvalue weighted by molar-refractivity contribution is -0.118. The van der Waals surface area contributed by atoms with Crippen molar-refractivity contribution in [2.24, 2.45) is 5.10 Å². The summed E-state index contributed by atoms with van der Waals surface area (Å²) >= 11 is 13.3. The van der Waals surface area contributed by atoms with Gasteiger partial charge in [0, 0.05) is 37.9 Å². The lowest BCUT2D eigenvalue weighted by atomic mass is 10.1. The molecule has 0 saturated heterocycles. The maximum absolute atomic E-state index is 12.6. The van der Waals surface area contributed by atoms with Crippen LogP contribution in [-0.4, -0.2) is 29.6 Å². The number of anilines is 3. The zero-order valence-corrected chi connectivity index (χ0v) is 24.2. The Bertz CT molecular complexity index is 1710. The second-order valence-electron chi connectivity index (χ2n) is 8.86. The van der Waals surface area contributed by atoms with Crippen LogP contribution in [0.25, 0.3) is 11.3 Å². The minimum atomic E-state index is -0.354. The Balaban J connectivity index is 1.11. The molecule has 1 heterocycles. The van der Waals surface area contributed by atoms with E-state index in [-0.39, 0.29) is 18.4 Å². The number of halogens is 2. The summed E-state index contributed by atoms with van der Waals surface area (Å²) in [5, 5.41) is 14.0. The summed E-state index contributed by atoms with van der Waals surface area (Å²) in [6.07, 6.45) is 1.50. The number of aromatic nitrogens is 1. The summed E-state index contributed by atoms with van der Waals surface area (Å²) in [4.78, 5) is 29.4. The average Bonchev–Trinajstić information content (AvgIpc) is 3.47. The highest BCUT2D eigenvalue weighted by Crippen LogP contribution is 2.28. The van der Waals surface area contributed by atoms with Crippen LogP contribution in [0.3, 0.4) is 0 Å². The van der Waals surface area contributed by atoms with Gasteiger partial charge in [-0.3, -0.25) is 9.59 Å². The van der Waals surface area contributed by atoms with Crippen molar-refractivity contribution in [3.05, 3.63) is 124 Å². The Morgan fingerprint density at radius 1 is 0.881 bits per heavy atom. The van der Waals surface area contributed by atoms with E-state index in [1.54, 1.807) is 60.7 Å². The Morgan fingerprint density at radius 3 is 2.29 bits per heavy atom. The van der Waals surface area contributed by atoms with Crippen molar-refractivity contribution in [1.82, 2.24) is 10.4 Å². The molecule has 0 spiro atoms. The number of rotatable bonds is 10. The SMILES string of the molecule is O=C(COc1cccc(/C=N\NC(=O)c2ccc(-c3csc(Nc4ccc(Cl)cc4)n3)cc2)c1)Nc1ccc(Cl)cc1. The summed E-state index contributed by atoms with van der Waals surface area (Å²) in [5.41, 5.74) is 6.87. The molecule has 8 nitrogen and oxygen atoms in total. The average molecular weight is 617 g/mol. The molecule has 0 radical (unpaired) electrons. The third-order valence-electron chi connectivity index (χ3n) is 5.78. The van der Waals surface area contributed by atoms with Crippen molar-refractivity contribution < 1.29 is 14.3 Å². The monoisotopic (exact) mass is 615 g/mol. The first-order valence-electron chi connectivity index (χ1n) is 12.6. The Hall–Kier alpha value is -4.70. The molecular weight excluding hydrogens is 593 g/mol. The fraction of sp³-hybridized carbons (Fsp3) is 0.0323. The summed E-state index contributed by atoms with van der Waals surface area (Å²) in [6, 6.07) is 28.3. The predicted molar refractivity (Wildman–Crippen MR) is 169 cm³/mol. The maximum Gasteiger partial charge on any atom is 0.271 e. The van der Waals surface area contributed by atoms with Gasteiger partial charge in [-0.1, -0.05) is 47.5 Å². The lowest BCUT2D eigenvalue weighted by Gasteiger charge is -2.08. The minimum Gasteiger partial charge on any atom is -0.484 e. The molecule has 0 aliphatic carbocycles. The number of carbonyl (C=O) groups excluding carboxylic acids is 2. The third kappa shape index (κ3) is 8.17. The molecule has 5 rings (SSSR count). The molecule has 42 heavy (non-hydrogen) atoms. The van der Waals surface area contributed by atoms with E-state index in [0.29, 0.717) is 32.6 Å². The molecule has 0 atom stereocenters. The number of benzene rings is 4. The number of ether oxygens (including phenoxy) is 1. The summed E-state index contributed by atoms with van der Waals surface area (Å²) in [5.74, 6) is -0.173. The van der Waals surface area contributed by atoms with Crippen molar-refractivity contribution in [1.29, 1.82) is 0 Å². The smallest absolute Gasteiger partial charge is 0.271 e. The zero-order chi connectivity index (χ0) is 29.3. The molecule has 0 saturated carbocycles. The molecule has 0 aliphatic rings. The first kappa shape index (κ1) is 28.8. The zero-order valence-electron chi connectivity index (χ0n) is 21.9. The standard InChI is InChI=1S/C31H23Cl2N5O3S/c32-23-8-12-25(13-9-23)35-29(39)18-41-27-3-1-2-20(16-27)17-34-38-30(40)22-6-4-21(5-7-22)28-19-42-31(37-28)36-26-14-10-24(33)11-15-26/h1-17,19H,18H2,(H,35,39)(H,36,37)(H,38,40)/b34-17-. The van der Waals surface area contributed by atoms with Crippen molar-refractivity contribution in [2.45, 2.75) is 0 Å². The highest BCUT2D eigenvalue weighted by molar-refractivity contribution is 7.14. The number of hydrogen-bond donors (Lipinski definition) is 3. The summed E-state index contributed by atoms with van der Waals surface area (Å²) < 4.78 is 5.58. The van der Waals surface area contributed by atoms with Gasteiger partial charge in [0.1, 0.15) is 5.75 Å². The Kier molecular flexibility index (Phi) is 9.45. The number of hydrazone groups is 1. The molecule has 5 aromatic rings. The van der Waals surface area contributed by atoms with Gasteiger partial charge in [-0.2, -0.15) is 5.10 Å². The van der Waals surface area contributed by atoms with Gasteiger partial charge in [-0.15, -0.1) is 11.3 Å². The second-order valence-corrected chi connectivity index (χ2v) is 10.6. The molecule has 0 aliphatic heterocycles. The van der Waals surface area contributed by atoms with Crippen LogP contribution in [-0.2, 0) is 4.79 Å². The number of thiazole rings is 1. The van der Waals surface area contributed by atoms with Crippen LogP contribution in [0, 0.1) is 0 Å². The quantitative estimate of drug-likeness (QED) is 0.111. The van der Waals surface area contributed by atoms with E-state index in [1.165, 1.54) is 17.6 Å². The van der Waals surface area contributed by atoms with Crippen LogP contribution >= 0.6 is 34.5 Å². The topological polar surface area (TPSA) is 105 Å². The fourth-order valence-corrected chi connectivity index (χ4v) is 4.70. The van der Waals surface area contributed by atoms with Gasteiger partial charge >= 0.3 is 0 Å². The normalized spacial score (nSPS) is 10.8. The molecule has 1 aromatic heterocycles. The van der Waals surface area contributed by atoms with Crippen LogP contribution in [0.4, 0.5) is 16.5 Å². The lowest BCUT2D eigenvalue weighted by Crippen LogP contribution is -2.20. The van der Waals surface area contributed by atoms with E-state index in [1.807, 2.05) is 41.8 Å². The molecule has 0 unspecified atom stereocenters. The highest BCUT2D eigenvalue weighted by atomic mass is 35.5. The maximum atomic E-state index is 12.6. The van der Waals surface area contributed by atoms with Gasteiger partial charge in [0.2, 0.25) is 0 Å². The summed E-state index contributed by atoms with van der Waals surface area (Å²) in [7, 11) is 0. The van der Waals surface area contributed by atoms with E-state index < -0.39 is 0 Å². The van der Waals surface area contributed by atoms with Crippen LogP contribution in [0.5, 0.6) is 5.75 Å². The molecule has 210 valence electrons. The van der Waals surface area contributed by atoms with Crippen molar-refractivity contribution >= 4 is 69.1 Å². The molecule has 2 amide bonds. The van der Waals surface area contributed by atoms with Crippen LogP contribution in [0.2, 0.25) is 10.0 Å². The highest BCUT2D eigenvalue weighted by Gasteiger charge is 2.09. The molecule has 0 fully saturated rings. The van der Waals surface area contributed by atoms with Crippen LogP contribution in [0.1, 0.15) is 15.9 Å². The first-order valence-corrected chi connectivity index (χ1v) is 14.2. The van der Waals surface area contributed by atoms with Gasteiger partial charge in [0.05, 0.1) is 11.9 Å². The molecule has 3 N–H and O–H groups in total. The van der Waals surface area contributed by atoms with E-state index in [4.69, 9.17) is 27.9 Å². The van der Waals surface area contributed by atoms with Crippen molar-refractivity contribution in [3.63, 3.8) is 0 Å².